The highest BCUT2D eigenvalue weighted by molar-refractivity contribution is 5.70. The number of ether oxygens (including phenoxy) is 1. The molecule has 0 bridgehead atoms. The molecule has 23 heavy (non-hydrogen) atoms. The fraction of sp³-hybridized carbons (Fsp3) is 0.211. The van der Waals surface area contributed by atoms with Crippen molar-refractivity contribution in [3.8, 4) is 28.4 Å². The first-order chi connectivity index (χ1) is 11.2. The molecule has 4 nitrogen and oxygen atoms in total. The standard InChI is InChI=1S/C19H17N3O/c1-12-6-7-15(13(2)21-12)17-8-10-20-19(22-17)16-5-3-4-14-9-11-23-18(14)16/h3-8,10H,9,11H2,1-2H3. The molecule has 1 aliphatic rings. The van der Waals surface area contributed by atoms with Gasteiger partial charge in [0, 0.05) is 29.6 Å². The Kier molecular flexibility index (Phi) is 3.30. The predicted molar refractivity (Wildman–Crippen MR) is 89.4 cm³/mol. The van der Waals surface area contributed by atoms with Crippen molar-refractivity contribution in [2.45, 2.75) is 20.3 Å². The summed E-state index contributed by atoms with van der Waals surface area (Å²) in [6.07, 6.45) is 2.75. The number of rotatable bonds is 2. The molecule has 2 aromatic heterocycles. The van der Waals surface area contributed by atoms with Crippen LogP contribution >= 0.6 is 0 Å². The van der Waals surface area contributed by atoms with Crippen molar-refractivity contribution in [3.05, 3.63) is 59.5 Å². The molecule has 3 aromatic rings. The molecule has 4 rings (SSSR count). The zero-order chi connectivity index (χ0) is 15.8. The summed E-state index contributed by atoms with van der Waals surface area (Å²) >= 11 is 0. The highest BCUT2D eigenvalue weighted by Crippen LogP contribution is 2.35. The average Bonchev–Trinajstić information content (AvgIpc) is 3.03. The fourth-order valence-corrected chi connectivity index (χ4v) is 2.99. The van der Waals surface area contributed by atoms with Crippen LogP contribution in [0.2, 0.25) is 0 Å². The number of aromatic nitrogens is 3. The van der Waals surface area contributed by atoms with Crippen molar-refractivity contribution in [2.75, 3.05) is 6.61 Å². The number of nitrogens with zero attached hydrogens (tertiary/aromatic N) is 3. The molecular weight excluding hydrogens is 286 g/mol. The Balaban J connectivity index is 1.82. The minimum absolute atomic E-state index is 0.696. The predicted octanol–water partition coefficient (Wildman–Crippen LogP) is 3.76. The van der Waals surface area contributed by atoms with Crippen LogP contribution in [0.15, 0.2) is 42.6 Å². The second-order valence-corrected chi connectivity index (χ2v) is 5.74. The summed E-state index contributed by atoms with van der Waals surface area (Å²) in [7, 11) is 0. The van der Waals surface area contributed by atoms with Crippen LogP contribution in [-0.2, 0) is 6.42 Å². The molecule has 3 heterocycles. The minimum Gasteiger partial charge on any atom is -0.492 e. The molecule has 114 valence electrons. The number of fused-ring (bicyclic) bond motifs is 1. The molecule has 0 amide bonds. The lowest BCUT2D eigenvalue weighted by atomic mass is 10.1. The van der Waals surface area contributed by atoms with Gasteiger partial charge in [-0.25, -0.2) is 9.97 Å². The molecular formula is C19H17N3O. The first kappa shape index (κ1) is 13.9. The van der Waals surface area contributed by atoms with Gasteiger partial charge in [0.2, 0.25) is 0 Å². The lowest BCUT2D eigenvalue weighted by Crippen LogP contribution is -1.97. The van der Waals surface area contributed by atoms with Crippen LogP contribution < -0.4 is 4.74 Å². The molecule has 0 fully saturated rings. The number of hydrogen-bond acceptors (Lipinski definition) is 4. The third-order valence-electron chi connectivity index (χ3n) is 4.11. The van der Waals surface area contributed by atoms with E-state index in [0.29, 0.717) is 5.82 Å². The van der Waals surface area contributed by atoms with Gasteiger partial charge in [-0.1, -0.05) is 12.1 Å². The third kappa shape index (κ3) is 2.46. The van der Waals surface area contributed by atoms with E-state index in [4.69, 9.17) is 9.72 Å². The first-order valence-corrected chi connectivity index (χ1v) is 7.75. The van der Waals surface area contributed by atoms with Gasteiger partial charge >= 0.3 is 0 Å². The van der Waals surface area contributed by atoms with E-state index >= 15 is 0 Å². The van der Waals surface area contributed by atoms with Crippen molar-refractivity contribution in [3.63, 3.8) is 0 Å². The molecule has 0 saturated carbocycles. The topological polar surface area (TPSA) is 47.9 Å². The Hall–Kier alpha value is -2.75. The van der Waals surface area contributed by atoms with Gasteiger partial charge in [-0.3, -0.25) is 4.98 Å². The zero-order valence-electron chi connectivity index (χ0n) is 13.2. The van der Waals surface area contributed by atoms with Gasteiger partial charge in [0.25, 0.3) is 0 Å². The maximum absolute atomic E-state index is 5.78. The second-order valence-electron chi connectivity index (χ2n) is 5.74. The van der Waals surface area contributed by atoms with Crippen LogP contribution in [0.3, 0.4) is 0 Å². The van der Waals surface area contributed by atoms with Crippen LogP contribution in [-0.4, -0.2) is 21.6 Å². The van der Waals surface area contributed by atoms with Crippen LogP contribution in [0.1, 0.15) is 17.0 Å². The normalized spacial score (nSPS) is 12.8. The number of benzene rings is 1. The summed E-state index contributed by atoms with van der Waals surface area (Å²) in [6, 6.07) is 12.2. The maximum atomic E-state index is 5.78. The van der Waals surface area contributed by atoms with E-state index in [1.807, 2.05) is 38.1 Å². The van der Waals surface area contributed by atoms with Crippen LogP contribution in [0, 0.1) is 13.8 Å². The van der Waals surface area contributed by atoms with Gasteiger partial charge in [0.05, 0.1) is 17.9 Å². The SMILES string of the molecule is Cc1ccc(-c2ccnc(-c3cccc4c3OCC4)n2)c(C)n1. The highest BCUT2D eigenvalue weighted by Gasteiger charge is 2.19. The largest absolute Gasteiger partial charge is 0.492 e. The first-order valence-electron chi connectivity index (χ1n) is 7.75. The molecule has 0 spiro atoms. The van der Waals surface area contributed by atoms with Crippen molar-refractivity contribution >= 4 is 0 Å². The van der Waals surface area contributed by atoms with Gasteiger partial charge in [-0.2, -0.15) is 0 Å². The minimum atomic E-state index is 0.696. The highest BCUT2D eigenvalue weighted by atomic mass is 16.5. The quantitative estimate of drug-likeness (QED) is 0.723. The van der Waals surface area contributed by atoms with E-state index in [2.05, 4.69) is 22.1 Å². The molecule has 0 aliphatic carbocycles. The Morgan fingerprint density at radius 3 is 2.74 bits per heavy atom. The summed E-state index contributed by atoms with van der Waals surface area (Å²) < 4.78 is 5.78. The van der Waals surface area contributed by atoms with Crippen molar-refractivity contribution in [2.24, 2.45) is 0 Å². The van der Waals surface area contributed by atoms with Crippen molar-refractivity contribution < 1.29 is 4.74 Å². The summed E-state index contributed by atoms with van der Waals surface area (Å²) in [5, 5.41) is 0. The summed E-state index contributed by atoms with van der Waals surface area (Å²) in [5.41, 5.74) is 6.09. The second kappa shape index (κ2) is 5.47. The number of aryl methyl sites for hydroxylation is 2. The smallest absolute Gasteiger partial charge is 0.163 e. The molecule has 1 aliphatic heterocycles. The van der Waals surface area contributed by atoms with Gasteiger partial charge in [-0.05, 0) is 43.7 Å². The van der Waals surface area contributed by atoms with Crippen LogP contribution in [0.25, 0.3) is 22.6 Å². The average molecular weight is 303 g/mol. The Bertz CT molecular complexity index is 890. The number of hydrogen-bond donors (Lipinski definition) is 0. The molecule has 1 aromatic carbocycles. The van der Waals surface area contributed by atoms with Gasteiger partial charge < -0.3 is 4.74 Å². The monoisotopic (exact) mass is 303 g/mol. The van der Waals surface area contributed by atoms with Crippen LogP contribution in [0.5, 0.6) is 5.75 Å². The van der Waals surface area contributed by atoms with E-state index in [-0.39, 0.29) is 0 Å². The summed E-state index contributed by atoms with van der Waals surface area (Å²) in [6.45, 7) is 4.73. The number of pyridine rings is 1. The maximum Gasteiger partial charge on any atom is 0.163 e. The lowest BCUT2D eigenvalue weighted by Gasteiger charge is -2.09. The molecule has 4 heteroatoms. The molecule has 0 N–H and O–H groups in total. The van der Waals surface area contributed by atoms with Crippen molar-refractivity contribution in [1.82, 2.24) is 15.0 Å². The molecule has 0 unspecified atom stereocenters. The van der Waals surface area contributed by atoms with E-state index in [1.54, 1.807) is 6.20 Å². The Morgan fingerprint density at radius 1 is 0.957 bits per heavy atom. The van der Waals surface area contributed by atoms with Gasteiger partial charge in [-0.15, -0.1) is 0 Å². The fourth-order valence-electron chi connectivity index (χ4n) is 2.99. The van der Waals surface area contributed by atoms with E-state index in [9.17, 15) is 0 Å². The summed E-state index contributed by atoms with van der Waals surface area (Å²) in [5.74, 6) is 1.62. The Morgan fingerprint density at radius 2 is 1.87 bits per heavy atom. The van der Waals surface area contributed by atoms with Gasteiger partial charge in [0.1, 0.15) is 5.75 Å². The lowest BCUT2D eigenvalue weighted by molar-refractivity contribution is 0.358. The molecule has 0 atom stereocenters. The Labute approximate surface area is 135 Å². The van der Waals surface area contributed by atoms with Gasteiger partial charge in [0.15, 0.2) is 5.82 Å². The molecule has 0 radical (unpaired) electrons. The van der Waals surface area contributed by atoms with E-state index < -0.39 is 0 Å². The number of para-hydroxylation sites is 1. The molecule has 0 saturated heterocycles. The van der Waals surface area contributed by atoms with Crippen molar-refractivity contribution in [1.29, 1.82) is 0 Å². The zero-order valence-corrected chi connectivity index (χ0v) is 13.2. The summed E-state index contributed by atoms with van der Waals surface area (Å²) in [4.78, 5) is 13.7. The van der Waals surface area contributed by atoms with Crippen LogP contribution in [0.4, 0.5) is 0 Å². The third-order valence-corrected chi connectivity index (χ3v) is 4.11. The van der Waals surface area contributed by atoms with E-state index in [1.165, 1.54) is 5.56 Å². The van der Waals surface area contributed by atoms with E-state index in [0.717, 1.165) is 47.0 Å².